The molecule has 0 aromatic heterocycles. The van der Waals surface area contributed by atoms with E-state index in [1.165, 1.54) is 0 Å². The fourth-order valence-electron chi connectivity index (χ4n) is 2.85. The van der Waals surface area contributed by atoms with Crippen molar-refractivity contribution in [2.24, 2.45) is 0 Å². The number of aryl methyl sites for hydroxylation is 1. The van der Waals surface area contributed by atoms with Crippen LogP contribution in [0.4, 0.5) is 11.4 Å². The number of hydrogen-bond acceptors (Lipinski definition) is 4. The Bertz CT molecular complexity index is 848. The molecule has 0 saturated heterocycles. The molecule has 1 N–H and O–H groups in total. The van der Waals surface area contributed by atoms with E-state index in [2.05, 4.69) is 5.32 Å². The van der Waals surface area contributed by atoms with E-state index >= 15 is 0 Å². The van der Waals surface area contributed by atoms with Crippen LogP contribution >= 0.6 is 0 Å². The summed E-state index contributed by atoms with van der Waals surface area (Å²) in [6, 6.07) is 11.0. The largest absolute Gasteiger partial charge is 0.483 e. The van der Waals surface area contributed by atoms with Crippen molar-refractivity contribution in [3.8, 4) is 11.5 Å². The van der Waals surface area contributed by atoms with Gasteiger partial charge in [0.1, 0.15) is 11.5 Å². The number of ether oxygens (including phenoxy) is 2. The summed E-state index contributed by atoms with van der Waals surface area (Å²) < 4.78 is 11.1. The van der Waals surface area contributed by atoms with E-state index in [9.17, 15) is 9.59 Å². The molecule has 2 aromatic carbocycles. The predicted molar refractivity (Wildman–Crippen MR) is 100 cm³/mol. The van der Waals surface area contributed by atoms with Crippen LogP contribution < -0.4 is 19.7 Å². The standard InChI is InChI=1S/C20H22N2O4/c1-4-22-16-9-8-15(10-18(16)26-12-20(22)24)21-19(23)11-25-17-7-5-6-13(2)14(17)3/h5-10H,4,11-12H2,1-3H3,(H,21,23). The van der Waals surface area contributed by atoms with Crippen molar-refractivity contribution in [1.29, 1.82) is 0 Å². The Kier molecular flexibility index (Phi) is 5.11. The molecule has 6 nitrogen and oxygen atoms in total. The zero-order valence-corrected chi connectivity index (χ0v) is 15.2. The number of fused-ring (bicyclic) bond motifs is 1. The van der Waals surface area contributed by atoms with Gasteiger partial charge in [0.05, 0.1) is 5.69 Å². The van der Waals surface area contributed by atoms with Crippen molar-refractivity contribution in [3.05, 3.63) is 47.5 Å². The molecular formula is C20H22N2O4. The molecule has 0 aliphatic carbocycles. The van der Waals surface area contributed by atoms with Crippen molar-refractivity contribution in [1.82, 2.24) is 0 Å². The third-order valence-electron chi connectivity index (χ3n) is 4.42. The van der Waals surface area contributed by atoms with E-state index in [0.717, 1.165) is 11.1 Å². The van der Waals surface area contributed by atoms with Crippen molar-refractivity contribution >= 4 is 23.2 Å². The number of amides is 2. The monoisotopic (exact) mass is 354 g/mol. The summed E-state index contributed by atoms with van der Waals surface area (Å²) >= 11 is 0. The Morgan fingerprint density at radius 3 is 2.85 bits per heavy atom. The highest BCUT2D eigenvalue weighted by Gasteiger charge is 2.24. The van der Waals surface area contributed by atoms with Crippen LogP contribution in [0.15, 0.2) is 36.4 Å². The highest BCUT2D eigenvalue weighted by atomic mass is 16.5. The summed E-state index contributed by atoms with van der Waals surface area (Å²) in [4.78, 5) is 25.7. The van der Waals surface area contributed by atoms with Crippen LogP contribution in [-0.2, 0) is 9.59 Å². The Hall–Kier alpha value is -3.02. The maximum atomic E-state index is 12.2. The summed E-state index contributed by atoms with van der Waals surface area (Å²) in [5, 5.41) is 2.79. The van der Waals surface area contributed by atoms with Crippen LogP contribution in [0.2, 0.25) is 0 Å². The highest BCUT2D eigenvalue weighted by Crippen LogP contribution is 2.34. The van der Waals surface area contributed by atoms with Gasteiger partial charge >= 0.3 is 0 Å². The molecule has 2 amide bonds. The van der Waals surface area contributed by atoms with Gasteiger partial charge in [0.2, 0.25) is 0 Å². The SMILES string of the molecule is CCN1C(=O)COc2cc(NC(=O)COc3cccc(C)c3C)ccc21. The lowest BCUT2D eigenvalue weighted by molar-refractivity contribution is -0.121. The Balaban J connectivity index is 1.65. The van der Waals surface area contributed by atoms with Gasteiger partial charge in [-0.2, -0.15) is 0 Å². The minimum absolute atomic E-state index is 0.00792. The van der Waals surface area contributed by atoms with Crippen LogP contribution in [0.25, 0.3) is 0 Å². The quantitative estimate of drug-likeness (QED) is 0.896. The third-order valence-corrected chi connectivity index (χ3v) is 4.42. The highest BCUT2D eigenvalue weighted by molar-refractivity contribution is 5.99. The predicted octanol–water partition coefficient (Wildman–Crippen LogP) is 3.07. The summed E-state index contributed by atoms with van der Waals surface area (Å²) in [5.74, 6) is 0.953. The van der Waals surface area contributed by atoms with Crippen LogP contribution in [-0.4, -0.2) is 31.6 Å². The van der Waals surface area contributed by atoms with Gasteiger partial charge in [0.15, 0.2) is 13.2 Å². The van der Waals surface area contributed by atoms with Gasteiger partial charge in [0, 0.05) is 18.3 Å². The first-order chi connectivity index (χ1) is 12.5. The number of benzene rings is 2. The normalized spacial score (nSPS) is 13.0. The molecule has 0 spiro atoms. The molecule has 0 fully saturated rings. The molecule has 0 saturated carbocycles. The average Bonchev–Trinajstić information content (AvgIpc) is 2.63. The lowest BCUT2D eigenvalue weighted by atomic mass is 10.1. The minimum atomic E-state index is -0.259. The Morgan fingerprint density at radius 2 is 2.08 bits per heavy atom. The van der Waals surface area contributed by atoms with Crippen molar-refractivity contribution in [2.75, 3.05) is 30.0 Å². The third kappa shape index (κ3) is 3.64. The summed E-state index contributed by atoms with van der Waals surface area (Å²) in [6.07, 6.45) is 0. The zero-order valence-electron chi connectivity index (χ0n) is 15.2. The maximum absolute atomic E-state index is 12.2. The Labute approximate surface area is 152 Å². The fraction of sp³-hybridized carbons (Fsp3) is 0.300. The van der Waals surface area contributed by atoms with E-state index in [-0.39, 0.29) is 25.0 Å². The molecule has 1 aliphatic rings. The topological polar surface area (TPSA) is 67.9 Å². The van der Waals surface area contributed by atoms with Gasteiger partial charge in [0.25, 0.3) is 11.8 Å². The second-order valence-corrected chi connectivity index (χ2v) is 6.14. The van der Waals surface area contributed by atoms with Crippen LogP contribution in [0.5, 0.6) is 11.5 Å². The molecule has 136 valence electrons. The maximum Gasteiger partial charge on any atom is 0.265 e. The van der Waals surface area contributed by atoms with E-state index in [1.807, 2.05) is 39.0 Å². The molecule has 6 heteroatoms. The molecule has 2 aromatic rings. The lowest BCUT2D eigenvalue weighted by Gasteiger charge is -2.28. The van der Waals surface area contributed by atoms with Crippen molar-refractivity contribution in [3.63, 3.8) is 0 Å². The number of carbonyl (C=O) groups is 2. The molecule has 3 rings (SSSR count). The summed E-state index contributed by atoms with van der Waals surface area (Å²) in [7, 11) is 0. The van der Waals surface area contributed by atoms with E-state index < -0.39 is 0 Å². The number of nitrogens with one attached hydrogen (secondary N) is 1. The number of nitrogens with zero attached hydrogens (tertiary/aromatic N) is 1. The number of rotatable bonds is 5. The number of carbonyl (C=O) groups excluding carboxylic acids is 2. The van der Waals surface area contributed by atoms with Gasteiger partial charge in [-0.1, -0.05) is 12.1 Å². The smallest absolute Gasteiger partial charge is 0.265 e. The number of hydrogen-bond donors (Lipinski definition) is 1. The van der Waals surface area contributed by atoms with Crippen LogP contribution in [0.3, 0.4) is 0 Å². The first kappa shape index (κ1) is 17.8. The summed E-state index contributed by atoms with van der Waals surface area (Å²) in [6.45, 7) is 6.37. The number of likely N-dealkylation sites (N-methyl/N-ethyl adjacent to an activating group) is 1. The van der Waals surface area contributed by atoms with Crippen molar-refractivity contribution < 1.29 is 19.1 Å². The molecular weight excluding hydrogens is 332 g/mol. The molecule has 0 unspecified atom stereocenters. The molecule has 0 radical (unpaired) electrons. The lowest BCUT2D eigenvalue weighted by Crippen LogP contribution is -2.38. The zero-order chi connectivity index (χ0) is 18.7. The Morgan fingerprint density at radius 1 is 1.27 bits per heavy atom. The molecule has 1 aliphatic heterocycles. The van der Waals surface area contributed by atoms with Gasteiger partial charge in [-0.15, -0.1) is 0 Å². The van der Waals surface area contributed by atoms with E-state index in [0.29, 0.717) is 29.4 Å². The van der Waals surface area contributed by atoms with Crippen LogP contribution in [0.1, 0.15) is 18.1 Å². The second kappa shape index (κ2) is 7.47. The van der Waals surface area contributed by atoms with Crippen molar-refractivity contribution in [2.45, 2.75) is 20.8 Å². The second-order valence-electron chi connectivity index (χ2n) is 6.14. The minimum Gasteiger partial charge on any atom is -0.483 e. The van der Waals surface area contributed by atoms with E-state index in [4.69, 9.17) is 9.47 Å². The van der Waals surface area contributed by atoms with Crippen LogP contribution in [0, 0.1) is 13.8 Å². The van der Waals surface area contributed by atoms with Gasteiger partial charge < -0.3 is 19.7 Å². The van der Waals surface area contributed by atoms with Gasteiger partial charge in [-0.05, 0) is 50.1 Å². The molecule has 1 heterocycles. The van der Waals surface area contributed by atoms with E-state index in [1.54, 1.807) is 23.1 Å². The van der Waals surface area contributed by atoms with Gasteiger partial charge in [-0.3, -0.25) is 9.59 Å². The average molecular weight is 354 g/mol. The molecule has 0 atom stereocenters. The summed E-state index contributed by atoms with van der Waals surface area (Å²) in [5.41, 5.74) is 3.45. The number of anilines is 2. The van der Waals surface area contributed by atoms with Gasteiger partial charge in [-0.25, -0.2) is 0 Å². The first-order valence-corrected chi connectivity index (χ1v) is 8.55. The molecule has 26 heavy (non-hydrogen) atoms. The fourth-order valence-corrected chi connectivity index (χ4v) is 2.85. The first-order valence-electron chi connectivity index (χ1n) is 8.55. The molecule has 0 bridgehead atoms.